The summed E-state index contributed by atoms with van der Waals surface area (Å²) in [6, 6.07) is 4.37. The number of nitrogens with zero attached hydrogens (tertiary/aromatic N) is 1. The fourth-order valence-electron chi connectivity index (χ4n) is 1.43. The molecule has 0 spiro atoms. The number of halogens is 1. The highest BCUT2D eigenvalue weighted by Crippen LogP contribution is 2.35. The van der Waals surface area contributed by atoms with Crippen molar-refractivity contribution >= 4 is 38.6 Å². The Bertz CT molecular complexity index is 708. The van der Waals surface area contributed by atoms with Gasteiger partial charge < -0.3 is 4.42 Å². The summed E-state index contributed by atoms with van der Waals surface area (Å²) in [6.07, 6.45) is 1.87. The van der Waals surface area contributed by atoms with Gasteiger partial charge in [-0.2, -0.15) is 0 Å². The van der Waals surface area contributed by atoms with Crippen LogP contribution in [-0.2, 0) is 16.4 Å². The molecule has 1 N–H and O–H groups in total. The van der Waals surface area contributed by atoms with Crippen molar-refractivity contribution in [2.75, 3.05) is 6.54 Å². The van der Waals surface area contributed by atoms with Gasteiger partial charge in [-0.3, -0.25) is 10.1 Å². The Morgan fingerprint density at radius 1 is 1.50 bits per heavy atom. The van der Waals surface area contributed by atoms with Gasteiger partial charge in [0.2, 0.25) is 10.0 Å². The summed E-state index contributed by atoms with van der Waals surface area (Å²) in [7, 11) is -3.81. The first kappa shape index (κ1) is 15.0. The Kier molecular flexibility index (Phi) is 4.43. The van der Waals surface area contributed by atoms with Crippen LogP contribution in [0.25, 0.3) is 0 Å². The van der Waals surface area contributed by atoms with Gasteiger partial charge in [0, 0.05) is 19.0 Å². The third-order valence-electron chi connectivity index (χ3n) is 2.35. The molecule has 2 aromatic rings. The van der Waals surface area contributed by atoms with E-state index < -0.39 is 20.6 Å². The molecule has 0 saturated heterocycles. The van der Waals surface area contributed by atoms with Crippen LogP contribution in [0.3, 0.4) is 0 Å². The van der Waals surface area contributed by atoms with Gasteiger partial charge in [0.25, 0.3) is 5.69 Å². The molecular weight excluding hydrogens is 328 g/mol. The van der Waals surface area contributed by atoms with Crippen LogP contribution in [0.2, 0.25) is 4.34 Å². The van der Waals surface area contributed by atoms with Crippen molar-refractivity contribution in [3.63, 3.8) is 0 Å². The van der Waals surface area contributed by atoms with E-state index in [-0.39, 0.29) is 15.1 Å². The summed E-state index contributed by atoms with van der Waals surface area (Å²) in [5.41, 5.74) is -0.414. The molecule has 0 fully saturated rings. The van der Waals surface area contributed by atoms with E-state index in [2.05, 4.69) is 4.72 Å². The monoisotopic (exact) mass is 336 g/mol. The largest absolute Gasteiger partial charge is 0.469 e. The van der Waals surface area contributed by atoms with Gasteiger partial charge in [0.15, 0.2) is 4.34 Å². The van der Waals surface area contributed by atoms with E-state index in [0.717, 1.165) is 6.07 Å². The summed E-state index contributed by atoms with van der Waals surface area (Å²) in [5.74, 6) is 0.642. The minimum atomic E-state index is -3.81. The zero-order chi connectivity index (χ0) is 14.8. The highest BCUT2D eigenvalue weighted by molar-refractivity contribution is 7.91. The number of nitro groups is 1. The Labute approximate surface area is 123 Å². The molecule has 0 aliphatic carbocycles. The molecular formula is C10H9ClN2O5S2. The number of rotatable bonds is 6. The van der Waals surface area contributed by atoms with Crippen molar-refractivity contribution in [1.29, 1.82) is 0 Å². The van der Waals surface area contributed by atoms with Gasteiger partial charge in [-0.05, 0) is 12.1 Å². The van der Waals surface area contributed by atoms with Crippen LogP contribution in [-0.4, -0.2) is 19.9 Å². The Morgan fingerprint density at radius 3 is 2.80 bits per heavy atom. The van der Waals surface area contributed by atoms with Crippen LogP contribution in [0.4, 0.5) is 5.69 Å². The average Bonchev–Trinajstić information content (AvgIpc) is 2.98. The summed E-state index contributed by atoms with van der Waals surface area (Å²) in [5, 5.41) is 10.6. The van der Waals surface area contributed by atoms with Crippen molar-refractivity contribution in [1.82, 2.24) is 4.72 Å². The molecule has 10 heteroatoms. The smallest absolute Gasteiger partial charge is 0.300 e. The predicted octanol–water partition coefficient (Wildman–Crippen LogP) is 2.42. The molecule has 0 aliphatic rings. The highest BCUT2D eigenvalue weighted by Gasteiger charge is 2.24. The second-order valence-corrected chi connectivity index (χ2v) is 7.36. The van der Waals surface area contributed by atoms with Crippen LogP contribution in [0.1, 0.15) is 5.76 Å². The quantitative estimate of drug-likeness (QED) is 0.644. The minimum Gasteiger partial charge on any atom is -0.469 e. The number of hydrogen-bond acceptors (Lipinski definition) is 6. The van der Waals surface area contributed by atoms with Gasteiger partial charge in [0.1, 0.15) is 9.97 Å². The van der Waals surface area contributed by atoms with Crippen molar-refractivity contribution in [3.05, 3.63) is 44.7 Å². The lowest BCUT2D eigenvalue weighted by atomic mass is 10.3. The van der Waals surface area contributed by atoms with E-state index in [1.807, 2.05) is 0 Å². The van der Waals surface area contributed by atoms with E-state index in [4.69, 9.17) is 16.0 Å². The number of furan rings is 1. The second-order valence-electron chi connectivity index (χ2n) is 3.71. The topological polar surface area (TPSA) is 102 Å². The van der Waals surface area contributed by atoms with Crippen LogP contribution in [0.15, 0.2) is 33.1 Å². The van der Waals surface area contributed by atoms with E-state index in [0.29, 0.717) is 23.5 Å². The summed E-state index contributed by atoms with van der Waals surface area (Å²) in [4.78, 5) is 9.91. The van der Waals surface area contributed by atoms with Gasteiger partial charge in [-0.25, -0.2) is 13.1 Å². The van der Waals surface area contributed by atoms with Crippen molar-refractivity contribution in [2.24, 2.45) is 0 Å². The van der Waals surface area contributed by atoms with Crippen LogP contribution in [0, 0.1) is 10.1 Å². The molecule has 2 aromatic heterocycles. The van der Waals surface area contributed by atoms with Gasteiger partial charge in [-0.1, -0.05) is 11.6 Å². The third kappa shape index (κ3) is 3.37. The molecule has 0 saturated carbocycles. The number of sulfonamides is 1. The molecule has 0 radical (unpaired) electrons. The van der Waals surface area contributed by atoms with Gasteiger partial charge in [-0.15, -0.1) is 11.3 Å². The first-order chi connectivity index (χ1) is 9.40. The van der Waals surface area contributed by atoms with Crippen LogP contribution < -0.4 is 4.72 Å². The van der Waals surface area contributed by atoms with Crippen molar-refractivity contribution in [2.45, 2.75) is 10.6 Å². The SMILES string of the molecule is O=[N+]([O-])c1cc(S(=O)(=O)NCCc2ccco2)sc1Cl. The fourth-order valence-corrected chi connectivity index (χ4v) is 4.17. The molecule has 0 bridgehead atoms. The summed E-state index contributed by atoms with van der Waals surface area (Å²) >= 11 is 6.28. The normalized spacial score (nSPS) is 11.7. The first-order valence-corrected chi connectivity index (χ1v) is 8.03. The molecule has 2 heterocycles. The lowest BCUT2D eigenvalue weighted by molar-refractivity contribution is -0.384. The maximum Gasteiger partial charge on any atom is 0.300 e. The molecule has 0 unspecified atom stereocenters. The number of hydrogen-bond donors (Lipinski definition) is 1. The van der Waals surface area contributed by atoms with Gasteiger partial charge >= 0.3 is 0 Å². The van der Waals surface area contributed by atoms with E-state index in [9.17, 15) is 18.5 Å². The number of thiophene rings is 1. The lowest BCUT2D eigenvalue weighted by Crippen LogP contribution is -2.25. The average molecular weight is 337 g/mol. The van der Waals surface area contributed by atoms with Crippen molar-refractivity contribution in [3.8, 4) is 0 Å². The Morgan fingerprint density at radius 2 is 2.25 bits per heavy atom. The van der Waals surface area contributed by atoms with E-state index in [1.54, 1.807) is 12.1 Å². The first-order valence-electron chi connectivity index (χ1n) is 5.36. The van der Waals surface area contributed by atoms with Crippen LogP contribution >= 0.6 is 22.9 Å². The Balaban J connectivity index is 2.06. The molecule has 0 aliphatic heterocycles. The molecule has 20 heavy (non-hydrogen) atoms. The van der Waals surface area contributed by atoms with E-state index >= 15 is 0 Å². The molecule has 0 amide bonds. The lowest BCUT2D eigenvalue weighted by Gasteiger charge is -2.02. The number of nitrogens with one attached hydrogen (secondary N) is 1. The van der Waals surface area contributed by atoms with Crippen LogP contribution in [0.5, 0.6) is 0 Å². The van der Waals surface area contributed by atoms with Gasteiger partial charge in [0.05, 0.1) is 11.2 Å². The summed E-state index contributed by atoms with van der Waals surface area (Å²) in [6.45, 7) is 0.124. The maximum atomic E-state index is 11.9. The molecule has 2 rings (SSSR count). The highest BCUT2D eigenvalue weighted by atomic mass is 35.5. The predicted molar refractivity (Wildman–Crippen MR) is 73.6 cm³/mol. The second kappa shape index (κ2) is 5.92. The molecule has 0 atom stereocenters. The zero-order valence-electron chi connectivity index (χ0n) is 9.91. The third-order valence-corrected chi connectivity index (χ3v) is 5.62. The standard InChI is InChI=1S/C10H9ClN2O5S2/c11-10-8(13(14)15)6-9(19-10)20(16,17)12-4-3-7-2-1-5-18-7/h1-2,5-6,12H,3-4H2. The van der Waals surface area contributed by atoms with E-state index in [1.165, 1.54) is 6.26 Å². The zero-order valence-corrected chi connectivity index (χ0v) is 12.3. The Hall–Kier alpha value is -1.42. The fraction of sp³-hybridized carbons (Fsp3) is 0.200. The molecule has 7 nitrogen and oxygen atoms in total. The minimum absolute atomic E-state index is 0.124. The summed E-state index contributed by atoms with van der Waals surface area (Å²) < 4.78 is 30.9. The van der Waals surface area contributed by atoms with Crippen molar-refractivity contribution < 1.29 is 17.8 Å². The molecule has 108 valence electrons. The maximum absolute atomic E-state index is 11.9. The molecule has 0 aromatic carbocycles.